The molecule has 0 bridgehead atoms. The number of aromatic nitrogens is 2. The quantitative estimate of drug-likeness (QED) is 0.401. The molecular weight excluding hydrogens is 487 g/mol. The van der Waals surface area contributed by atoms with E-state index in [0.29, 0.717) is 35.6 Å². The Hall–Kier alpha value is -2.85. The van der Waals surface area contributed by atoms with Gasteiger partial charge in [0.15, 0.2) is 10.8 Å². The summed E-state index contributed by atoms with van der Waals surface area (Å²) >= 11 is 11.2. The molecule has 3 heterocycles. The lowest BCUT2D eigenvalue weighted by Crippen LogP contribution is -2.35. The average Bonchev–Trinajstić information content (AvgIpc) is 3.26. The predicted octanol–water partition coefficient (Wildman–Crippen LogP) is 6.13. The minimum atomic E-state index is -4.60. The van der Waals surface area contributed by atoms with Crippen molar-refractivity contribution in [2.45, 2.75) is 32.5 Å². The maximum absolute atomic E-state index is 13.5. The molecule has 2 N–H and O–H groups in total. The summed E-state index contributed by atoms with van der Waals surface area (Å²) in [6.45, 7) is 3.60. The highest BCUT2D eigenvalue weighted by atomic mass is 35.5. The standard InChI is InChI=1S/C23H23ClF3N5OS/c1-14-3-2-10-32(13-14)20-11-19(23(25,26)27)29-21(30-20)31-22(34)28-12-17-8-9-18(33-17)15-4-6-16(24)7-5-15/h4-9,11,14H,2-3,10,12-13H2,1H3,(H2,28,29,30,31,34). The van der Waals surface area contributed by atoms with Crippen LogP contribution in [0.5, 0.6) is 0 Å². The molecule has 0 aliphatic carbocycles. The Labute approximate surface area is 205 Å². The number of nitrogens with zero attached hydrogens (tertiary/aromatic N) is 3. The van der Waals surface area contributed by atoms with Gasteiger partial charge >= 0.3 is 6.18 Å². The second-order valence-corrected chi connectivity index (χ2v) is 9.05. The van der Waals surface area contributed by atoms with Crippen molar-refractivity contribution >= 4 is 40.7 Å². The fourth-order valence-electron chi connectivity index (χ4n) is 3.75. The molecule has 1 saturated heterocycles. The van der Waals surface area contributed by atoms with Gasteiger partial charge in [0.25, 0.3) is 0 Å². The molecule has 1 aliphatic heterocycles. The Morgan fingerprint density at radius 3 is 2.68 bits per heavy atom. The van der Waals surface area contributed by atoms with Crippen LogP contribution in [0.25, 0.3) is 11.3 Å². The van der Waals surface area contributed by atoms with E-state index in [0.717, 1.165) is 24.5 Å². The molecule has 6 nitrogen and oxygen atoms in total. The number of rotatable bonds is 5. The van der Waals surface area contributed by atoms with Gasteiger partial charge in [-0.05, 0) is 67.4 Å². The largest absolute Gasteiger partial charge is 0.459 e. The number of nitrogens with one attached hydrogen (secondary N) is 2. The summed E-state index contributed by atoms with van der Waals surface area (Å²) in [6.07, 6.45) is -2.66. The molecule has 1 atom stereocenters. The number of piperidine rings is 1. The lowest BCUT2D eigenvalue weighted by Gasteiger charge is -2.32. The third kappa shape index (κ3) is 6.18. The zero-order valence-electron chi connectivity index (χ0n) is 18.3. The molecule has 1 unspecified atom stereocenters. The maximum atomic E-state index is 13.5. The third-order valence-corrected chi connectivity index (χ3v) is 5.92. The number of anilines is 2. The molecule has 11 heteroatoms. The van der Waals surface area contributed by atoms with Gasteiger partial charge in [0, 0.05) is 29.7 Å². The number of hydrogen-bond acceptors (Lipinski definition) is 5. The Morgan fingerprint density at radius 2 is 1.97 bits per heavy atom. The van der Waals surface area contributed by atoms with Gasteiger partial charge in [0.05, 0.1) is 6.54 Å². The zero-order valence-corrected chi connectivity index (χ0v) is 19.9. The molecule has 3 aromatic rings. The molecule has 4 rings (SSSR count). The summed E-state index contributed by atoms with van der Waals surface area (Å²) in [5, 5.41) is 6.30. The van der Waals surface area contributed by atoms with Crippen molar-refractivity contribution in [1.29, 1.82) is 0 Å². The van der Waals surface area contributed by atoms with Gasteiger partial charge in [-0.15, -0.1) is 0 Å². The van der Waals surface area contributed by atoms with Crippen molar-refractivity contribution < 1.29 is 17.6 Å². The van der Waals surface area contributed by atoms with Crippen LogP contribution in [0.2, 0.25) is 5.02 Å². The number of furan rings is 1. The van der Waals surface area contributed by atoms with E-state index in [4.69, 9.17) is 28.2 Å². The molecule has 180 valence electrons. The fourth-order valence-corrected chi connectivity index (χ4v) is 4.04. The van der Waals surface area contributed by atoms with Gasteiger partial charge in [-0.1, -0.05) is 18.5 Å². The Balaban J connectivity index is 1.43. The SMILES string of the molecule is CC1CCCN(c2cc(C(F)(F)F)nc(NC(=S)NCc3ccc(-c4ccc(Cl)cc4)o3)n2)C1. The van der Waals surface area contributed by atoms with E-state index >= 15 is 0 Å². The van der Waals surface area contributed by atoms with E-state index in [2.05, 4.69) is 27.5 Å². The highest BCUT2D eigenvalue weighted by molar-refractivity contribution is 7.80. The summed E-state index contributed by atoms with van der Waals surface area (Å²) in [5.41, 5.74) is -0.145. The molecule has 34 heavy (non-hydrogen) atoms. The molecule has 1 fully saturated rings. The topological polar surface area (TPSA) is 66.2 Å². The van der Waals surface area contributed by atoms with Crippen LogP contribution in [-0.2, 0) is 12.7 Å². The Bertz CT molecular complexity index is 1150. The third-order valence-electron chi connectivity index (χ3n) is 5.42. The molecule has 1 aliphatic rings. The van der Waals surface area contributed by atoms with Gasteiger partial charge in [-0.2, -0.15) is 18.2 Å². The fraction of sp³-hybridized carbons (Fsp3) is 0.348. The van der Waals surface area contributed by atoms with Crippen LogP contribution in [0.4, 0.5) is 24.9 Å². The van der Waals surface area contributed by atoms with Crippen LogP contribution in [-0.4, -0.2) is 28.2 Å². The number of halogens is 4. The van der Waals surface area contributed by atoms with E-state index in [9.17, 15) is 13.2 Å². The number of benzene rings is 1. The van der Waals surface area contributed by atoms with Gasteiger partial charge in [-0.25, -0.2) is 4.98 Å². The first-order valence-corrected chi connectivity index (χ1v) is 11.6. The lowest BCUT2D eigenvalue weighted by molar-refractivity contribution is -0.141. The van der Waals surface area contributed by atoms with Crippen molar-refractivity contribution in [2.24, 2.45) is 5.92 Å². The first-order valence-electron chi connectivity index (χ1n) is 10.8. The normalized spacial score (nSPS) is 16.4. The number of hydrogen-bond donors (Lipinski definition) is 2. The van der Waals surface area contributed by atoms with Crippen LogP contribution in [0.15, 0.2) is 46.9 Å². The van der Waals surface area contributed by atoms with Crippen LogP contribution >= 0.6 is 23.8 Å². The van der Waals surface area contributed by atoms with Crippen molar-refractivity contribution in [3.8, 4) is 11.3 Å². The van der Waals surface area contributed by atoms with E-state index in [1.54, 1.807) is 18.2 Å². The van der Waals surface area contributed by atoms with Crippen LogP contribution in [0, 0.1) is 5.92 Å². The smallest absolute Gasteiger partial charge is 0.433 e. The maximum Gasteiger partial charge on any atom is 0.433 e. The van der Waals surface area contributed by atoms with Crippen LogP contribution in [0.1, 0.15) is 31.2 Å². The van der Waals surface area contributed by atoms with E-state index < -0.39 is 11.9 Å². The minimum Gasteiger partial charge on any atom is -0.459 e. The zero-order chi connectivity index (χ0) is 24.3. The second kappa shape index (κ2) is 10.2. The van der Waals surface area contributed by atoms with Crippen molar-refractivity contribution in [1.82, 2.24) is 15.3 Å². The molecule has 0 radical (unpaired) electrons. The molecule has 0 saturated carbocycles. The minimum absolute atomic E-state index is 0.0849. The van der Waals surface area contributed by atoms with Gasteiger partial charge in [0.2, 0.25) is 5.95 Å². The number of thiocarbonyl (C=S) groups is 1. The average molecular weight is 510 g/mol. The molecule has 1 aromatic carbocycles. The molecule has 2 aromatic heterocycles. The summed E-state index contributed by atoms with van der Waals surface area (Å²) in [6, 6.07) is 11.8. The Morgan fingerprint density at radius 1 is 1.21 bits per heavy atom. The van der Waals surface area contributed by atoms with Gasteiger partial charge in [-0.3, -0.25) is 0 Å². The summed E-state index contributed by atoms with van der Waals surface area (Å²) in [4.78, 5) is 9.78. The van der Waals surface area contributed by atoms with Crippen molar-refractivity contribution in [3.05, 3.63) is 58.9 Å². The second-order valence-electron chi connectivity index (χ2n) is 8.21. The monoisotopic (exact) mass is 509 g/mol. The van der Waals surface area contributed by atoms with Gasteiger partial charge in [0.1, 0.15) is 17.3 Å². The Kier molecular flexibility index (Phi) is 7.27. The molecular formula is C23H23ClF3N5OS. The van der Waals surface area contributed by atoms with Crippen LogP contribution < -0.4 is 15.5 Å². The highest BCUT2D eigenvalue weighted by Gasteiger charge is 2.34. The number of alkyl halides is 3. The highest BCUT2D eigenvalue weighted by Crippen LogP contribution is 2.32. The van der Waals surface area contributed by atoms with Crippen LogP contribution in [0.3, 0.4) is 0 Å². The molecule has 0 spiro atoms. The lowest BCUT2D eigenvalue weighted by atomic mass is 10.0. The summed E-state index contributed by atoms with van der Waals surface area (Å²) in [5.74, 6) is 1.67. The van der Waals surface area contributed by atoms with Crippen molar-refractivity contribution in [3.63, 3.8) is 0 Å². The summed E-state index contributed by atoms with van der Waals surface area (Å²) in [7, 11) is 0. The first-order chi connectivity index (χ1) is 16.2. The van der Waals surface area contributed by atoms with E-state index in [1.165, 1.54) is 0 Å². The van der Waals surface area contributed by atoms with E-state index in [1.807, 2.05) is 23.1 Å². The molecule has 0 amide bonds. The van der Waals surface area contributed by atoms with E-state index in [-0.39, 0.29) is 23.4 Å². The predicted molar refractivity (Wildman–Crippen MR) is 130 cm³/mol. The van der Waals surface area contributed by atoms with Gasteiger partial charge < -0.3 is 20.0 Å². The van der Waals surface area contributed by atoms with Crippen molar-refractivity contribution in [2.75, 3.05) is 23.3 Å². The summed E-state index contributed by atoms with van der Waals surface area (Å²) < 4.78 is 46.2. The first kappa shape index (κ1) is 24.3.